The topological polar surface area (TPSA) is 98.2 Å². The Kier molecular flexibility index (Phi) is 11.0. The number of hydrogen-bond donors (Lipinski definition) is 1. The minimum atomic E-state index is -4.48. The van der Waals surface area contributed by atoms with E-state index in [-0.39, 0.29) is 34.3 Å². The monoisotopic (exact) mass is 753 g/mol. The molecule has 1 aliphatic rings. The smallest absolute Gasteiger partial charge is 0.416 e. The number of benzene rings is 3. The number of fused-ring (bicyclic) bond motifs is 1. The largest absolute Gasteiger partial charge is 0.493 e. The molecule has 0 saturated carbocycles. The fourth-order valence-corrected chi connectivity index (χ4v) is 5.75. The second-order valence-electron chi connectivity index (χ2n) is 11.6. The van der Waals surface area contributed by atoms with Crippen LogP contribution in [0.15, 0.2) is 85.1 Å². The van der Waals surface area contributed by atoms with Crippen LogP contribution in [-0.4, -0.2) is 71.6 Å². The van der Waals surface area contributed by atoms with Crippen molar-refractivity contribution in [2.24, 2.45) is 7.05 Å². The summed E-state index contributed by atoms with van der Waals surface area (Å²) in [5.74, 6) is 1.55. The quantitative estimate of drug-likeness (QED) is 0.170. The molecule has 5 aromatic rings. The predicted octanol–water partition coefficient (Wildman–Crippen LogP) is 7.19. The molecule has 1 aliphatic heterocycles. The predicted molar refractivity (Wildman–Crippen MR) is 188 cm³/mol. The van der Waals surface area contributed by atoms with Gasteiger partial charge in [-0.2, -0.15) is 13.2 Å². The molecule has 14 heteroatoms. The van der Waals surface area contributed by atoms with Crippen LogP contribution in [0.1, 0.15) is 32.0 Å². The summed E-state index contributed by atoms with van der Waals surface area (Å²) in [5, 5.41) is 3.44. The Morgan fingerprint density at radius 2 is 1.58 bits per heavy atom. The summed E-state index contributed by atoms with van der Waals surface area (Å²) in [7, 11) is 5.09. The third kappa shape index (κ3) is 8.03. The lowest BCUT2D eigenvalue weighted by molar-refractivity contribution is -0.137. The second-order valence-corrected chi connectivity index (χ2v) is 11.6. The number of anilines is 1. The molecule has 1 N–H and O–H groups in total. The van der Waals surface area contributed by atoms with Gasteiger partial charge in [-0.15, -0.1) is 17.0 Å². The molecule has 3 heterocycles. The fraction of sp³-hybridized carbons (Fsp3) is 0.250. The number of methoxy groups -OCH3 is 2. The van der Waals surface area contributed by atoms with Crippen LogP contribution in [0.25, 0.3) is 10.9 Å². The van der Waals surface area contributed by atoms with Crippen molar-refractivity contribution in [1.82, 2.24) is 19.4 Å². The lowest BCUT2D eigenvalue weighted by atomic mass is 10.1. The van der Waals surface area contributed by atoms with Gasteiger partial charge in [0.1, 0.15) is 11.4 Å². The highest BCUT2D eigenvalue weighted by atomic mass is 79.9. The molecule has 0 unspecified atom stereocenters. The number of nitrogens with one attached hydrogen (secondary N) is 1. The third-order valence-corrected chi connectivity index (χ3v) is 8.44. The molecule has 10 nitrogen and oxygen atoms in total. The zero-order valence-electron chi connectivity index (χ0n) is 27.5. The molecule has 262 valence electrons. The first-order chi connectivity index (χ1) is 23.5. The van der Waals surface area contributed by atoms with Crippen molar-refractivity contribution < 1.29 is 37.0 Å². The number of nitrogens with zero attached hydrogens (tertiary/aromatic N) is 4. The van der Waals surface area contributed by atoms with Crippen LogP contribution in [0.2, 0.25) is 0 Å². The van der Waals surface area contributed by atoms with Crippen LogP contribution in [0.3, 0.4) is 0 Å². The number of pyridine rings is 1. The Morgan fingerprint density at radius 1 is 0.860 bits per heavy atom. The Morgan fingerprint density at radius 3 is 2.22 bits per heavy atom. The summed E-state index contributed by atoms with van der Waals surface area (Å²) in [6, 6.07) is 20.3. The number of halogens is 4. The molecular formula is C36H35BrF3N5O5. The maximum Gasteiger partial charge on any atom is 0.416 e. The lowest BCUT2D eigenvalue weighted by Crippen LogP contribution is -2.48. The first-order valence-corrected chi connectivity index (χ1v) is 15.5. The van der Waals surface area contributed by atoms with Gasteiger partial charge in [0.2, 0.25) is 5.88 Å². The minimum absolute atomic E-state index is 0. The zero-order valence-corrected chi connectivity index (χ0v) is 29.2. The molecular weight excluding hydrogens is 719 g/mol. The molecule has 0 bridgehead atoms. The summed E-state index contributed by atoms with van der Waals surface area (Å²) in [4.78, 5) is 34.5. The zero-order chi connectivity index (χ0) is 34.7. The molecule has 0 radical (unpaired) electrons. The van der Waals surface area contributed by atoms with Gasteiger partial charge >= 0.3 is 6.18 Å². The van der Waals surface area contributed by atoms with Crippen LogP contribution in [-0.2, 0) is 19.8 Å². The van der Waals surface area contributed by atoms with Gasteiger partial charge in [0.05, 0.1) is 31.7 Å². The number of aryl methyl sites for hydroxylation is 1. The van der Waals surface area contributed by atoms with E-state index >= 15 is 0 Å². The van der Waals surface area contributed by atoms with E-state index < -0.39 is 17.6 Å². The van der Waals surface area contributed by atoms with Crippen LogP contribution in [0.5, 0.6) is 23.1 Å². The number of amides is 2. The van der Waals surface area contributed by atoms with Gasteiger partial charge in [-0.1, -0.05) is 6.07 Å². The molecule has 0 aliphatic carbocycles. The highest BCUT2D eigenvalue weighted by molar-refractivity contribution is 8.93. The Hall–Kier alpha value is -5.08. The Labute approximate surface area is 297 Å². The van der Waals surface area contributed by atoms with Crippen molar-refractivity contribution in [3.05, 3.63) is 107 Å². The van der Waals surface area contributed by atoms with Gasteiger partial charge < -0.3 is 29.0 Å². The number of alkyl halides is 3. The first kappa shape index (κ1) is 36.2. The normalized spacial score (nSPS) is 13.4. The average molecular weight is 755 g/mol. The molecule has 0 atom stereocenters. The number of ether oxygens (including phenoxy) is 3. The van der Waals surface area contributed by atoms with Crippen molar-refractivity contribution in [1.29, 1.82) is 0 Å². The third-order valence-electron chi connectivity index (χ3n) is 8.44. The summed E-state index contributed by atoms with van der Waals surface area (Å²) in [6.45, 7) is 3.44. The lowest BCUT2D eigenvalue weighted by Gasteiger charge is -2.34. The number of carbonyl (C=O) groups excluding carboxylic acids is 2. The van der Waals surface area contributed by atoms with Crippen molar-refractivity contribution in [2.75, 3.05) is 45.7 Å². The summed E-state index contributed by atoms with van der Waals surface area (Å²) in [6.07, 6.45) is -3.09. The minimum Gasteiger partial charge on any atom is -0.493 e. The van der Waals surface area contributed by atoms with E-state index in [9.17, 15) is 22.8 Å². The number of piperazine rings is 1. The van der Waals surface area contributed by atoms with E-state index in [0.29, 0.717) is 41.7 Å². The van der Waals surface area contributed by atoms with Crippen molar-refractivity contribution in [3.63, 3.8) is 0 Å². The SMILES string of the molecule is Br.COc1ccc(CN2CCN(C(=O)c3cc4cc(Oc5ccc(NC(=O)c6ccc(C(F)(F)F)cc6)cn5)ccc4n3C)CC2)cc1OC. The maximum absolute atomic E-state index is 13.6. The van der Waals surface area contributed by atoms with E-state index in [2.05, 4.69) is 15.2 Å². The van der Waals surface area contributed by atoms with Crippen LogP contribution < -0.4 is 19.5 Å². The van der Waals surface area contributed by atoms with Crippen molar-refractivity contribution in [2.45, 2.75) is 12.7 Å². The van der Waals surface area contributed by atoms with Crippen molar-refractivity contribution >= 4 is 45.4 Å². The van der Waals surface area contributed by atoms with Gasteiger partial charge in [0, 0.05) is 62.3 Å². The average Bonchev–Trinajstić information content (AvgIpc) is 3.43. The van der Waals surface area contributed by atoms with Gasteiger partial charge in [0.25, 0.3) is 11.8 Å². The molecule has 50 heavy (non-hydrogen) atoms. The highest BCUT2D eigenvalue weighted by Gasteiger charge is 2.30. The molecule has 1 fully saturated rings. The van der Waals surface area contributed by atoms with Gasteiger partial charge in [-0.25, -0.2) is 4.98 Å². The van der Waals surface area contributed by atoms with Crippen LogP contribution >= 0.6 is 17.0 Å². The molecule has 6 rings (SSSR count). The number of aromatic nitrogens is 2. The van der Waals surface area contributed by atoms with E-state index in [1.54, 1.807) is 32.4 Å². The van der Waals surface area contributed by atoms with E-state index in [1.165, 1.54) is 6.20 Å². The molecule has 2 aromatic heterocycles. The summed E-state index contributed by atoms with van der Waals surface area (Å²) in [5.41, 5.74) is 2.15. The number of rotatable bonds is 9. The first-order valence-electron chi connectivity index (χ1n) is 15.5. The highest BCUT2D eigenvalue weighted by Crippen LogP contribution is 2.31. The Balaban J connectivity index is 0.00000486. The molecule has 1 saturated heterocycles. The molecule has 2 amide bonds. The van der Waals surface area contributed by atoms with Crippen LogP contribution in [0, 0.1) is 0 Å². The van der Waals surface area contributed by atoms with E-state index in [4.69, 9.17) is 14.2 Å². The van der Waals surface area contributed by atoms with Crippen LogP contribution in [0.4, 0.5) is 18.9 Å². The van der Waals surface area contributed by atoms with E-state index in [1.807, 2.05) is 52.9 Å². The fourth-order valence-electron chi connectivity index (χ4n) is 5.75. The standard InChI is InChI=1S/C36H34F3N5O5.BrH/c1-42-29-11-10-28(49-33-13-9-27(21-40-33)41-34(45)24-5-7-26(8-6-24)36(37,38)39)19-25(29)20-30(42)35(46)44-16-14-43(15-17-44)22-23-4-12-31(47-2)32(18-23)48-3;/h4-13,18-21H,14-17,22H2,1-3H3,(H,41,45);1H. The molecule has 3 aromatic carbocycles. The Bertz CT molecular complexity index is 1980. The van der Waals surface area contributed by atoms with Gasteiger partial charge in [0.15, 0.2) is 11.5 Å². The molecule has 0 spiro atoms. The number of carbonyl (C=O) groups is 2. The summed E-state index contributed by atoms with van der Waals surface area (Å²) < 4.78 is 57.0. The van der Waals surface area contributed by atoms with Gasteiger partial charge in [-0.3, -0.25) is 14.5 Å². The number of hydrogen-bond acceptors (Lipinski definition) is 7. The maximum atomic E-state index is 13.6. The van der Waals surface area contributed by atoms with Gasteiger partial charge in [-0.05, 0) is 72.3 Å². The second kappa shape index (κ2) is 15.2. The van der Waals surface area contributed by atoms with Crippen molar-refractivity contribution in [3.8, 4) is 23.1 Å². The van der Waals surface area contributed by atoms with E-state index in [0.717, 1.165) is 60.4 Å². The summed E-state index contributed by atoms with van der Waals surface area (Å²) >= 11 is 0.